The molecule has 0 unspecified atom stereocenters. The summed E-state index contributed by atoms with van der Waals surface area (Å²) in [5.41, 5.74) is 2.04. The van der Waals surface area contributed by atoms with Gasteiger partial charge in [-0.3, -0.25) is 4.79 Å². The van der Waals surface area contributed by atoms with Crippen LogP contribution in [0.3, 0.4) is 0 Å². The van der Waals surface area contributed by atoms with Crippen LogP contribution in [-0.4, -0.2) is 25.9 Å². The van der Waals surface area contributed by atoms with Gasteiger partial charge in [-0.25, -0.2) is 0 Å². The molecule has 0 fully saturated rings. The van der Waals surface area contributed by atoms with Gasteiger partial charge in [0.25, 0.3) is 0 Å². The summed E-state index contributed by atoms with van der Waals surface area (Å²) in [6.07, 6.45) is 1.08. The second-order valence-corrected chi connectivity index (χ2v) is 5.94. The lowest BCUT2D eigenvalue weighted by atomic mass is 10.1. The Hall–Kier alpha value is -2.89. The van der Waals surface area contributed by atoms with Crippen LogP contribution in [0.2, 0.25) is 0 Å². The fraction of sp³-hybridized carbons (Fsp3) is 0.316. The highest BCUT2D eigenvalue weighted by Gasteiger charge is 2.14. The van der Waals surface area contributed by atoms with Crippen molar-refractivity contribution in [3.05, 3.63) is 47.5 Å². The number of carbonyl (C=O) groups excluding carboxylic acids is 1. The van der Waals surface area contributed by atoms with Crippen LogP contribution < -0.4 is 24.3 Å². The molecule has 25 heavy (non-hydrogen) atoms. The van der Waals surface area contributed by atoms with Gasteiger partial charge in [-0.15, -0.1) is 0 Å². The topological polar surface area (TPSA) is 66.0 Å². The SMILES string of the molecule is O=C(CCc1ccc2c(c1)OCCO2)NCc1ccc2c(c1)OCO2. The van der Waals surface area contributed by atoms with Crippen LogP contribution >= 0.6 is 0 Å². The Bertz CT molecular complexity index is 789. The van der Waals surface area contributed by atoms with Crippen molar-refractivity contribution >= 4 is 5.91 Å². The molecule has 4 rings (SSSR count). The number of fused-ring (bicyclic) bond motifs is 2. The number of hydrogen-bond donors (Lipinski definition) is 1. The Morgan fingerprint density at radius 3 is 2.36 bits per heavy atom. The smallest absolute Gasteiger partial charge is 0.231 e. The molecule has 2 aliphatic rings. The van der Waals surface area contributed by atoms with Crippen molar-refractivity contribution in [2.45, 2.75) is 19.4 Å². The monoisotopic (exact) mass is 341 g/mol. The van der Waals surface area contributed by atoms with Gasteiger partial charge in [0.05, 0.1) is 0 Å². The summed E-state index contributed by atoms with van der Waals surface area (Å²) in [4.78, 5) is 12.1. The summed E-state index contributed by atoms with van der Waals surface area (Å²) in [6, 6.07) is 11.5. The Morgan fingerprint density at radius 1 is 0.840 bits per heavy atom. The molecule has 0 aliphatic carbocycles. The van der Waals surface area contributed by atoms with Crippen LogP contribution in [0.5, 0.6) is 23.0 Å². The van der Waals surface area contributed by atoms with Gasteiger partial charge in [0.2, 0.25) is 12.7 Å². The number of aryl methyl sites for hydroxylation is 1. The third kappa shape index (κ3) is 3.63. The molecule has 0 aromatic heterocycles. The second kappa shape index (κ2) is 6.93. The zero-order chi connectivity index (χ0) is 17.1. The predicted octanol–water partition coefficient (Wildman–Crippen LogP) is 2.44. The molecule has 2 aromatic carbocycles. The van der Waals surface area contributed by atoms with E-state index in [-0.39, 0.29) is 12.7 Å². The third-order valence-electron chi connectivity index (χ3n) is 4.17. The van der Waals surface area contributed by atoms with Crippen molar-refractivity contribution in [3.8, 4) is 23.0 Å². The van der Waals surface area contributed by atoms with Gasteiger partial charge < -0.3 is 24.3 Å². The first-order chi connectivity index (χ1) is 12.3. The van der Waals surface area contributed by atoms with Gasteiger partial charge in [0, 0.05) is 13.0 Å². The lowest BCUT2D eigenvalue weighted by molar-refractivity contribution is -0.121. The van der Waals surface area contributed by atoms with E-state index in [9.17, 15) is 4.79 Å². The van der Waals surface area contributed by atoms with Crippen LogP contribution in [0, 0.1) is 0 Å². The number of benzene rings is 2. The number of rotatable bonds is 5. The van der Waals surface area contributed by atoms with Gasteiger partial charge in [-0.05, 0) is 41.8 Å². The van der Waals surface area contributed by atoms with Crippen LogP contribution in [-0.2, 0) is 17.8 Å². The third-order valence-corrected chi connectivity index (χ3v) is 4.17. The zero-order valence-corrected chi connectivity index (χ0v) is 13.7. The van der Waals surface area contributed by atoms with E-state index in [1.165, 1.54) is 0 Å². The average Bonchev–Trinajstić information content (AvgIpc) is 3.12. The molecule has 6 heteroatoms. The Morgan fingerprint density at radius 2 is 1.48 bits per heavy atom. The summed E-state index contributed by atoms with van der Waals surface area (Å²) in [5, 5.41) is 2.93. The summed E-state index contributed by atoms with van der Waals surface area (Å²) >= 11 is 0. The van der Waals surface area contributed by atoms with E-state index in [2.05, 4.69) is 5.32 Å². The van der Waals surface area contributed by atoms with Gasteiger partial charge >= 0.3 is 0 Å². The van der Waals surface area contributed by atoms with Crippen LogP contribution in [0.4, 0.5) is 0 Å². The molecule has 2 aromatic rings. The zero-order valence-electron chi connectivity index (χ0n) is 13.7. The second-order valence-electron chi connectivity index (χ2n) is 5.94. The standard InChI is InChI=1S/C19H19NO5/c21-19(20-11-14-2-5-16-18(10-14)25-12-24-16)6-3-13-1-4-15-17(9-13)23-8-7-22-15/h1-2,4-5,9-10H,3,6-8,11-12H2,(H,20,21). The Kier molecular flexibility index (Phi) is 4.33. The number of amides is 1. The molecule has 2 aliphatic heterocycles. The Balaban J connectivity index is 1.28. The maximum Gasteiger partial charge on any atom is 0.231 e. The van der Waals surface area contributed by atoms with Gasteiger partial charge in [-0.1, -0.05) is 12.1 Å². The van der Waals surface area contributed by atoms with Crippen molar-refractivity contribution in [1.82, 2.24) is 5.32 Å². The van der Waals surface area contributed by atoms with Crippen molar-refractivity contribution in [2.75, 3.05) is 20.0 Å². The highest BCUT2D eigenvalue weighted by Crippen LogP contribution is 2.32. The van der Waals surface area contributed by atoms with Crippen LogP contribution in [0.1, 0.15) is 17.5 Å². The first-order valence-electron chi connectivity index (χ1n) is 8.32. The normalized spacial score (nSPS) is 14.2. The molecule has 0 saturated carbocycles. The largest absolute Gasteiger partial charge is 0.486 e. The minimum absolute atomic E-state index is 0.00700. The van der Waals surface area contributed by atoms with E-state index in [1.54, 1.807) is 0 Å². The van der Waals surface area contributed by atoms with Crippen molar-refractivity contribution in [1.29, 1.82) is 0 Å². The molecule has 1 amide bonds. The summed E-state index contributed by atoms with van der Waals surface area (Å²) < 4.78 is 21.7. The highest BCUT2D eigenvalue weighted by atomic mass is 16.7. The predicted molar refractivity (Wildman–Crippen MR) is 90.2 cm³/mol. The maximum absolute atomic E-state index is 12.1. The van der Waals surface area contributed by atoms with Crippen LogP contribution in [0.15, 0.2) is 36.4 Å². The minimum atomic E-state index is 0.00700. The number of ether oxygens (including phenoxy) is 4. The first kappa shape index (κ1) is 15.6. The van der Waals surface area contributed by atoms with E-state index in [1.807, 2.05) is 36.4 Å². The lowest BCUT2D eigenvalue weighted by Crippen LogP contribution is -2.23. The summed E-state index contributed by atoms with van der Waals surface area (Å²) in [7, 11) is 0. The fourth-order valence-electron chi connectivity index (χ4n) is 2.84. The molecule has 0 atom stereocenters. The van der Waals surface area contributed by atoms with Crippen molar-refractivity contribution in [3.63, 3.8) is 0 Å². The minimum Gasteiger partial charge on any atom is -0.486 e. The van der Waals surface area contributed by atoms with E-state index in [0.29, 0.717) is 32.6 Å². The van der Waals surface area contributed by atoms with E-state index in [0.717, 1.165) is 34.1 Å². The molecule has 0 spiro atoms. The number of carbonyl (C=O) groups is 1. The molecule has 1 N–H and O–H groups in total. The molecule has 0 bridgehead atoms. The van der Waals surface area contributed by atoms with Gasteiger partial charge in [0.1, 0.15) is 13.2 Å². The van der Waals surface area contributed by atoms with E-state index >= 15 is 0 Å². The maximum atomic E-state index is 12.1. The summed E-state index contributed by atoms with van der Waals surface area (Å²) in [5.74, 6) is 3.00. The molecule has 130 valence electrons. The molecular weight excluding hydrogens is 322 g/mol. The van der Waals surface area contributed by atoms with Crippen molar-refractivity contribution < 1.29 is 23.7 Å². The van der Waals surface area contributed by atoms with Gasteiger partial charge in [0.15, 0.2) is 23.0 Å². The average molecular weight is 341 g/mol. The van der Waals surface area contributed by atoms with E-state index in [4.69, 9.17) is 18.9 Å². The van der Waals surface area contributed by atoms with Crippen LogP contribution in [0.25, 0.3) is 0 Å². The summed E-state index contributed by atoms with van der Waals surface area (Å²) in [6.45, 7) is 1.86. The lowest BCUT2D eigenvalue weighted by Gasteiger charge is -2.18. The van der Waals surface area contributed by atoms with Crippen molar-refractivity contribution in [2.24, 2.45) is 0 Å². The molecular formula is C19H19NO5. The van der Waals surface area contributed by atoms with E-state index < -0.39 is 0 Å². The fourth-order valence-corrected chi connectivity index (χ4v) is 2.84. The number of hydrogen-bond acceptors (Lipinski definition) is 5. The molecule has 2 heterocycles. The highest BCUT2D eigenvalue weighted by molar-refractivity contribution is 5.76. The van der Waals surface area contributed by atoms with Gasteiger partial charge in [-0.2, -0.15) is 0 Å². The first-order valence-corrected chi connectivity index (χ1v) is 8.32. The quantitative estimate of drug-likeness (QED) is 0.905. The molecule has 6 nitrogen and oxygen atoms in total. The number of nitrogens with one attached hydrogen (secondary N) is 1. The Labute approximate surface area is 145 Å². The molecule has 0 radical (unpaired) electrons. The molecule has 0 saturated heterocycles.